The first kappa shape index (κ1) is 22.1. The number of alkyl halides is 2. The average molecular weight is 392 g/mol. The molecule has 1 aromatic rings. The lowest BCUT2D eigenvalue weighted by atomic mass is 10.2. The van der Waals surface area contributed by atoms with Crippen LogP contribution in [-0.4, -0.2) is 57.7 Å². The molecule has 7 nitrogen and oxygen atoms in total. The molecule has 0 bridgehead atoms. The number of benzene rings is 1. The van der Waals surface area contributed by atoms with E-state index < -0.39 is 16.6 Å². The second kappa shape index (κ2) is 10.9. The molecule has 1 rings (SSSR count). The number of hydrogen-bond acceptors (Lipinski definition) is 4. The van der Waals surface area contributed by atoms with Crippen LogP contribution in [0, 0.1) is 0 Å². The van der Waals surface area contributed by atoms with Gasteiger partial charge in [-0.2, -0.15) is 8.78 Å². The van der Waals surface area contributed by atoms with Crippen molar-refractivity contribution in [3.05, 3.63) is 29.8 Å². The second-order valence-electron chi connectivity index (χ2n) is 5.24. The number of para-hydroxylation sites is 1. The summed E-state index contributed by atoms with van der Waals surface area (Å²) in [6.07, 6.45) is 0. The van der Waals surface area contributed by atoms with Crippen LogP contribution in [-0.2, 0) is 16.6 Å². The third-order valence-electron chi connectivity index (χ3n) is 3.61. The molecule has 1 aromatic carbocycles. The summed E-state index contributed by atoms with van der Waals surface area (Å²) in [5, 5.41) is 5.85. The lowest BCUT2D eigenvalue weighted by Gasteiger charge is -2.19. The van der Waals surface area contributed by atoms with Gasteiger partial charge in [-0.1, -0.05) is 32.0 Å². The van der Waals surface area contributed by atoms with Gasteiger partial charge in [-0.15, -0.1) is 0 Å². The fourth-order valence-electron chi connectivity index (χ4n) is 2.30. The Hall–Kier alpha value is -1.94. The van der Waals surface area contributed by atoms with Gasteiger partial charge in [0.15, 0.2) is 5.96 Å². The van der Waals surface area contributed by atoms with E-state index in [1.165, 1.54) is 17.4 Å². The predicted octanol–water partition coefficient (Wildman–Crippen LogP) is 1.62. The molecule has 0 radical (unpaired) electrons. The summed E-state index contributed by atoms with van der Waals surface area (Å²) in [7, 11) is -1.79. The number of guanidine groups is 1. The molecule has 148 valence electrons. The van der Waals surface area contributed by atoms with E-state index in [0.29, 0.717) is 24.6 Å². The number of sulfonamides is 1. The van der Waals surface area contributed by atoms with Crippen LogP contribution >= 0.6 is 0 Å². The van der Waals surface area contributed by atoms with E-state index in [4.69, 9.17) is 0 Å². The van der Waals surface area contributed by atoms with Crippen molar-refractivity contribution in [1.82, 2.24) is 14.9 Å². The summed E-state index contributed by atoms with van der Waals surface area (Å²) in [5.74, 6) is 0.377. The molecular formula is C16H26F2N4O3S. The highest BCUT2D eigenvalue weighted by atomic mass is 32.2. The molecular weight excluding hydrogens is 366 g/mol. The molecule has 0 fully saturated rings. The predicted molar refractivity (Wildman–Crippen MR) is 98.0 cm³/mol. The van der Waals surface area contributed by atoms with Gasteiger partial charge >= 0.3 is 6.61 Å². The van der Waals surface area contributed by atoms with Crippen molar-refractivity contribution in [2.24, 2.45) is 4.99 Å². The maximum absolute atomic E-state index is 12.4. The monoisotopic (exact) mass is 392 g/mol. The Morgan fingerprint density at radius 2 is 1.88 bits per heavy atom. The van der Waals surface area contributed by atoms with Gasteiger partial charge in [0.05, 0.1) is 5.75 Å². The number of rotatable bonds is 10. The molecule has 0 aliphatic carbocycles. The zero-order chi connectivity index (χ0) is 19.6. The van der Waals surface area contributed by atoms with Crippen LogP contribution in [0.25, 0.3) is 0 Å². The van der Waals surface area contributed by atoms with Crippen LogP contribution in [0.3, 0.4) is 0 Å². The maximum Gasteiger partial charge on any atom is 0.387 e. The molecule has 0 aliphatic rings. The Morgan fingerprint density at radius 1 is 1.23 bits per heavy atom. The minimum atomic E-state index is -3.33. The molecule has 26 heavy (non-hydrogen) atoms. The van der Waals surface area contributed by atoms with Crippen LogP contribution in [0.4, 0.5) is 8.78 Å². The zero-order valence-electron chi connectivity index (χ0n) is 15.2. The normalized spacial score (nSPS) is 12.5. The first-order valence-electron chi connectivity index (χ1n) is 8.29. The van der Waals surface area contributed by atoms with Crippen molar-refractivity contribution in [1.29, 1.82) is 0 Å². The maximum atomic E-state index is 12.4. The summed E-state index contributed by atoms with van der Waals surface area (Å²) in [4.78, 5) is 4.00. The van der Waals surface area contributed by atoms with Crippen molar-refractivity contribution >= 4 is 16.0 Å². The smallest absolute Gasteiger partial charge is 0.387 e. The van der Waals surface area contributed by atoms with Crippen molar-refractivity contribution < 1.29 is 21.9 Å². The molecule has 0 saturated heterocycles. The van der Waals surface area contributed by atoms with Crippen molar-refractivity contribution in [3.8, 4) is 5.75 Å². The van der Waals surface area contributed by atoms with Crippen LogP contribution in [0.15, 0.2) is 29.3 Å². The Morgan fingerprint density at radius 3 is 2.46 bits per heavy atom. The summed E-state index contributed by atoms with van der Waals surface area (Å²) in [5.41, 5.74) is 0.534. The SMILES string of the molecule is CCN(CC)S(=O)(=O)CCNC(=NC)NCc1ccccc1OC(F)F. The molecule has 0 saturated carbocycles. The summed E-state index contributed by atoms with van der Waals surface area (Å²) in [6, 6.07) is 6.42. The second-order valence-corrected chi connectivity index (χ2v) is 7.33. The molecule has 0 spiro atoms. The van der Waals surface area contributed by atoms with Crippen molar-refractivity contribution in [2.75, 3.05) is 32.4 Å². The average Bonchev–Trinajstić information content (AvgIpc) is 2.59. The Balaban J connectivity index is 2.57. The van der Waals surface area contributed by atoms with E-state index in [1.807, 2.05) is 0 Å². The fourth-order valence-corrected chi connectivity index (χ4v) is 3.71. The Kier molecular flexibility index (Phi) is 9.28. The quantitative estimate of drug-likeness (QED) is 0.467. The van der Waals surface area contributed by atoms with Gasteiger partial charge in [0, 0.05) is 38.8 Å². The number of nitrogens with one attached hydrogen (secondary N) is 2. The van der Waals surface area contributed by atoms with E-state index in [2.05, 4.69) is 20.4 Å². The highest BCUT2D eigenvalue weighted by Gasteiger charge is 2.18. The molecule has 2 N–H and O–H groups in total. The molecule has 0 unspecified atom stereocenters. The van der Waals surface area contributed by atoms with Crippen LogP contribution < -0.4 is 15.4 Å². The summed E-state index contributed by atoms with van der Waals surface area (Å²) < 4.78 is 55.0. The van der Waals surface area contributed by atoms with Crippen LogP contribution in [0.2, 0.25) is 0 Å². The van der Waals surface area contributed by atoms with Gasteiger partial charge in [-0.3, -0.25) is 4.99 Å². The molecule has 0 amide bonds. The van der Waals surface area contributed by atoms with Gasteiger partial charge in [0.25, 0.3) is 0 Å². The van der Waals surface area contributed by atoms with Gasteiger partial charge in [-0.25, -0.2) is 12.7 Å². The summed E-state index contributed by atoms with van der Waals surface area (Å²) in [6.45, 7) is 1.89. The van der Waals surface area contributed by atoms with Crippen molar-refractivity contribution in [3.63, 3.8) is 0 Å². The molecule has 0 atom stereocenters. The fraction of sp³-hybridized carbons (Fsp3) is 0.562. The standard InChI is InChI=1S/C16H26F2N4O3S/c1-4-22(5-2)26(23,24)11-10-20-16(19-3)21-12-13-8-6-7-9-14(13)25-15(17)18/h6-9,15H,4-5,10-12H2,1-3H3,(H2,19,20,21). The minimum absolute atomic E-state index is 0.0690. The highest BCUT2D eigenvalue weighted by molar-refractivity contribution is 7.89. The number of nitrogens with zero attached hydrogens (tertiary/aromatic N) is 2. The number of aliphatic imine (C=N–C) groups is 1. The lowest BCUT2D eigenvalue weighted by molar-refractivity contribution is -0.0504. The topological polar surface area (TPSA) is 83.0 Å². The molecule has 0 aliphatic heterocycles. The van der Waals surface area contributed by atoms with E-state index in [-0.39, 0.29) is 24.6 Å². The number of ether oxygens (including phenoxy) is 1. The van der Waals surface area contributed by atoms with Crippen LogP contribution in [0.1, 0.15) is 19.4 Å². The van der Waals surface area contributed by atoms with E-state index in [9.17, 15) is 17.2 Å². The third kappa shape index (κ3) is 7.12. The minimum Gasteiger partial charge on any atom is -0.434 e. The highest BCUT2D eigenvalue weighted by Crippen LogP contribution is 2.19. The van der Waals surface area contributed by atoms with E-state index >= 15 is 0 Å². The first-order valence-corrected chi connectivity index (χ1v) is 9.90. The van der Waals surface area contributed by atoms with Crippen LogP contribution in [0.5, 0.6) is 5.75 Å². The number of hydrogen-bond donors (Lipinski definition) is 2. The molecule has 0 aromatic heterocycles. The van der Waals surface area contributed by atoms with E-state index in [0.717, 1.165) is 0 Å². The Labute approximate surface area is 153 Å². The zero-order valence-corrected chi connectivity index (χ0v) is 16.0. The largest absolute Gasteiger partial charge is 0.434 e. The Bertz CT molecular complexity index is 680. The van der Waals surface area contributed by atoms with E-state index in [1.54, 1.807) is 32.0 Å². The van der Waals surface area contributed by atoms with Crippen molar-refractivity contribution in [2.45, 2.75) is 27.0 Å². The number of halogens is 2. The van der Waals surface area contributed by atoms with Gasteiger partial charge in [0.1, 0.15) is 5.75 Å². The molecule has 10 heteroatoms. The first-order chi connectivity index (χ1) is 12.3. The summed E-state index contributed by atoms with van der Waals surface area (Å²) >= 11 is 0. The lowest BCUT2D eigenvalue weighted by Crippen LogP contribution is -2.41. The van der Waals surface area contributed by atoms with Gasteiger partial charge in [0.2, 0.25) is 10.0 Å². The van der Waals surface area contributed by atoms with Gasteiger partial charge in [-0.05, 0) is 6.07 Å². The third-order valence-corrected chi connectivity index (χ3v) is 5.63. The molecule has 0 heterocycles. The van der Waals surface area contributed by atoms with Gasteiger partial charge < -0.3 is 15.4 Å².